The summed E-state index contributed by atoms with van der Waals surface area (Å²) in [5.74, 6) is -0.622. The molecule has 0 radical (unpaired) electrons. The predicted molar refractivity (Wildman–Crippen MR) is 98.1 cm³/mol. The van der Waals surface area contributed by atoms with Crippen LogP contribution in [0.2, 0.25) is 0 Å². The summed E-state index contributed by atoms with van der Waals surface area (Å²) in [4.78, 5) is 24.0. The average molecular weight is 370 g/mol. The molecule has 0 aliphatic carbocycles. The highest BCUT2D eigenvalue weighted by Gasteiger charge is 2.17. The lowest BCUT2D eigenvalue weighted by Crippen LogP contribution is -2.26. The molecule has 5 nitrogen and oxygen atoms in total. The minimum Gasteiger partial charge on any atom is -0.479 e. The zero-order valence-corrected chi connectivity index (χ0v) is 15.0. The topological polar surface area (TPSA) is 65.7 Å². The van der Waals surface area contributed by atoms with Gasteiger partial charge in [0.25, 0.3) is 0 Å². The molecule has 0 aliphatic rings. The van der Waals surface area contributed by atoms with E-state index in [-0.39, 0.29) is 6.61 Å². The van der Waals surface area contributed by atoms with Gasteiger partial charge >= 0.3 is 11.6 Å². The molecule has 0 spiro atoms. The van der Waals surface area contributed by atoms with Gasteiger partial charge in [-0.3, -0.25) is 0 Å². The molecule has 140 valence electrons. The maximum absolute atomic E-state index is 12.9. The van der Waals surface area contributed by atoms with Crippen molar-refractivity contribution in [3.05, 3.63) is 75.9 Å². The SMILES string of the molecule is CCc1ccc2c(COC(=O)[C@@H](C)Oc3ccc(F)cc3)cc(=O)oc2c1. The molecule has 0 unspecified atom stereocenters. The Kier molecular flexibility index (Phi) is 5.54. The van der Waals surface area contributed by atoms with Gasteiger partial charge in [0.15, 0.2) is 6.10 Å². The minimum absolute atomic E-state index is 0.0798. The first-order chi connectivity index (χ1) is 13.0. The number of carbonyl (C=O) groups is 1. The lowest BCUT2D eigenvalue weighted by atomic mass is 10.1. The molecule has 0 amide bonds. The van der Waals surface area contributed by atoms with Crippen molar-refractivity contribution in [3.63, 3.8) is 0 Å². The van der Waals surface area contributed by atoms with E-state index in [9.17, 15) is 14.0 Å². The van der Waals surface area contributed by atoms with Crippen molar-refractivity contribution in [3.8, 4) is 5.75 Å². The van der Waals surface area contributed by atoms with Crippen molar-refractivity contribution in [2.24, 2.45) is 0 Å². The third-order valence-electron chi connectivity index (χ3n) is 4.13. The monoisotopic (exact) mass is 370 g/mol. The van der Waals surface area contributed by atoms with E-state index in [0.717, 1.165) is 12.0 Å². The summed E-state index contributed by atoms with van der Waals surface area (Å²) in [6, 6.07) is 12.3. The van der Waals surface area contributed by atoms with Gasteiger partial charge in [0.1, 0.15) is 23.8 Å². The Balaban J connectivity index is 1.71. The fourth-order valence-electron chi connectivity index (χ4n) is 2.65. The van der Waals surface area contributed by atoms with E-state index in [1.807, 2.05) is 25.1 Å². The van der Waals surface area contributed by atoms with Gasteiger partial charge in [0, 0.05) is 17.0 Å². The zero-order chi connectivity index (χ0) is 19.4. The second-order valence-corrected chi connectivity index (χ2v) is 6.10. The molecule has 0 bridgehead atoms. The van der Waals surface area contributed by atoms with E-state index in [1.54, 1.807) is 0 Å². The molecular formula is C21H19FO5. The fourth-order valence-corrected chi connectivity index (χ4v) is 2.65. The molecule has 0 saturated heterocycles. The highest BCUT2D eigenvalue weighted by molar-refractivity contribution is 5.81. The molecule has 6 heteroatoms. The molecule has 3 rings (SSSR count). The molecular weight excluding hydrogens is 351 g/mol. The van der Waals surface area contributed by atoms with Crippen molar-refractivity contribution in [1.29, 1.82) is 0 Å². The van der Waals surface area contributed by atoms with Crippen LogP contribution in [0.1, 0.15) is 25.0 Å². The molecule has 2 aromatic carbocycles. The van der Waals surface area contributed by atoms with Crippen molar-refractivity contribution >= 4 is 16.9 Å². The molecule has 0 saturated carbocycles. The van der Waals surface area contributed by atoms with Crippen LogP contribution < -0.4 is 10.4 Å². The largest absolute Gasteiger partial charge is 0.479 e. The summed E-state index contributed by atoms with van der Waals surface area (Å²) < 4.78 is 28.9. The number of benzene rings is 2. The Morgan fingerprint density at radius 3 is 2.59 bits per heavy atom. The normalized spacial score (nSPS) is 12.0. The van der Waals surface area contributed by atoms with E-state index < -0.39 is 23.5 Å². The van der Waals surface area contributed by atoms with Crippen LogP contribution in [0.4, 0.5) is 4.39 Å². The fraction of sp³-hybridized carbons (Fsp3) is 0.238. The summed E-state index contributed by atoms with van der Waals surface area (Å²) in [6.45, 7) is 3.47. The van der Waals surface area contributed by atoms with Crippen LogP contribution >= 0.6 is 0 Å². The number of carbonyl (C=O) groups excluding carboxylic acids is 1. The van der Waals surface area contributed by atoms with Crippen molar-refractivity contribution in [2.75, 3.05) is 0 Å². The zero-order valence-electron chi connectivity index (χ0n) is 15.0. The standard InChI is InChI=1S/C21H19FO5/c1-3-14-4-9-18-15(11-20(23)27-19(18)10-14)12-25-21(24)13(2)26-17-7-5-16(22)6-8-17/h4-11,13H,3,12H2,1-2H3/t13-/m1/s1. The Hall–Kier alpha value is -3.15. The van der Waals surface area contributed by atoms with Crippen LogP contribution in [0, 0.1) is 5.82 Å². The summed E-state index contributed by atoms with van der Waals surface area (Å²) >= 11 is 0. The molecule has 1 atom stereocenters. The van der Waals surface area contributed by atoms with Crippen LogP contribution in [0.5, 0.6) is 5.75 Å². The first-order valence-corrected chi connectivity index (χ1v) is 8.61. The first kappa shape index (κ1) is 18.6. The molecule has 1 aromatic heterocycles. The highest BCUT2D eigenvalue weighted by atomic mass is 19.1. The molecule has 3 aromatic rings. The molecule has 0 N–H and O–H groups in total. The van der Waals surface area contributed by atoms with E-state index in [4.69, 9.17) is 13.9 Å². The Morgan fingerprint density at radius 2 is 1.89 bits per heavy atom. The van der Waals surface area contributed by atoms with E-state index in [2.05, 4.69) is 0 Å². The van der Waals surface area contributed by atoms with Gasteiger partial charge in [-0.15, -0.1) is 0 Å². The maximum atomic E-state index is 12.9. The maximum Gasteiger partial charge on any atom is 0.347 e. The third kappa shape index (κ3) is 4.53. The third-order valence-corrected chi connectivity index (χ3v) is 4.13. The van der Waals surface area contributed by atoms with Crippen molar-refractivity contribution in [2.45, 2.75) is 33.0 Å². The number of halogens is 1. The van der Waals surface area contributed by atoms with Crippen LogP contribution in [-0.4, -0.2) is 12.1 Å². The Labute approximate surface area is 155 Å². The summed E-state index contributed by atoms with van der Waals surface area (Å²) in [7, 11) is 0. The van der Waals surface area contributed by atoms with Gasteiger partial charge in [-0.2, -0.15) is 0 Å². The summed E-state index contributed by atoms with van der Waals surface area (Å²) in [5.41, 5.74) is 1.56. The summed E-state index contributed by atoms with van der Waals surface area (Å²) in [5, 5.41) is 0.715. The Bertz CT molecular complexity index is 1010. The van der Waals surface area contributed by atoms with Gasteiger partial charge in [-0.25, -0.2) is 14.0 Å². The number of ether oxygens (including phenoxy) is 2. The van der Waals surface area contributed by atoms with Crippen LogP contribution in [-0.2, 0) is 22.6 Å². The van der Waals surface area contributed by atoms with Crippen molar-refractivity contribution < 1.29 is 23.1 Å². The second kappa shape index (κ2) is 8.03. The quantitative estimate of drug-likeness (QED) is 0.485. The molecule has 1 heterocycles. The van der Waals surface area contributed by atoms with Crippen LogP contribution in [0.25, 0.3) is 11.0 Å². The molecule has 0 aliphatic heterocycles. The van der Waals surface area contributed by atoms with E-state index in [0.29, 0.717) is 22.3 Å². The number of aryl methyl sites for hydroxylation is 1. The number of esters is 1. The smallest absolute Gasteiger partial charge is 0.347 e. The van der Waals surface area contributed by atoms with Gasteiger partial charge in [0.2, 0.25) is 0 Å². The lowest BCUT2D eigenvalue weighted by molar-refractivity contribution is -0.152. The van der Waals surface area contributed by atoms with Gasteiger partial charge in [0.05, 0.1) is 0 Å². The van der Waals surface area contributed by atoms with E-state index >= 15 is 0 Å². The highest BCUT2D eigenvalue weighted by Crippen LogP contribution is 2.20. The number of fused-ring (bicyclic) bond motifs is 1. The van der Waals surface area contributed by atoms with Gasteiger partial charge in [-0.1, -0.05) is 19.1 Å². The molecule has 0 fully saturated rings. The second-order valence-electron chi connectivity index (χ2n) is 6.10. The molecule has 27 heavy (non-hydrogen) atoms. The van der Waals surface area contributed by atoms with Gasteiger partial charge in [-0.05, 0) is 49.2 Å². The Morgan fingerprint density at radius 1 is 1.15 bits per heavy atom. The van der Waals surface area contributed by atoms with Crippen molar-refractivity contribution in [1.82, 2.24) is 0 Å². The predicted octanol–water partition coefficient (Wildman–Crippen LogP) is 4.01. The number of hydrogen-bond acceptors (Lipinski definition) is 5. The first-order valence-electron chi connectivity index (χ1n) is 8.61. The van der Waals surface area contributed by atoms with Crippen LogP contribution in [0.3, 0.4) is 0 Å². The van der Waals surface area contributed by atoms with E-state index in [1.165, 1.54) is 37.3 Å². The minimum atomic E-state index is -0.881. The van der Waals surface area contributed by atoms with Gasteiger partial charge < -0.3 is 13.9 Å². The average Bonchev–Trinajstić information content (AvgIpc) is 2.66. The lowest BCUT2D eigenvalue weighted by Gasteiger charge is -2.14. The number of hydrogen-bond donors (Lipinski definition) is 0. The van der Waals surface area contributed by atoms with Crippen LogP contribution in [0.15, 0.2) is 57.7 Å². The number of rotatable bonds is 6. The summed E-state index contributed by atoms with van der Waals surface area (Å²) in [6.07, 6.45) is -0.0644.